The van der Waals surface area contributed by atoms with Gasteiger partial charge in [0, 0.05) is 27.1 Å². The molecule has 0 aliphatic heterocycles. The van der Waals surface area contributed by atoms with Crippen molar-refractivity contribution in [3.63, 3.8) is 0 Å². The highest BCUT2D eigenvalue weighted by atomic mass is 79.9. The summed E-state index contributed by atoms with van der Waals surface area (Å²) in [4.78, 5) is 3.26. The molecule has 1 N–H and O–H groups in total. The van der Waals surface area contributed by atoms with Crippen molar-refractivity contribution in [2.75, 3.05) is 0 Å². The molecule has 0 amide bonds. The number of benzene rings is 2. The number of aromatic nitrogens is 1. The first kappa shape index (κ1) is 12.3. The third kappa shape index (κ3) is 2.66. The van der Waals surface area contributed by atoms with E-state index >= 15 is 0 Å². The molecule has 3 heteroatoms. The Morgan fingerprint density at radius 3 is 2.68 bits per heavy atom. The Kier molecular flexibility index (Phi) is 3.30. The average Bonchev–Trinajstić information content (AvgIpc) is 2.80. The summed E-state index contributed by atoms with van der Waals surface area (Å²) < 4.78 is 6.89. The maximum atomic E-state index is 5.81. The Labute approximate surface area is 120 Å². The molecule has 0 unspecified atom stereocenters. The van der Waals surface area contributed by atoms with E-state index in [1.54, 1.807) is 0 Å². The number of aromatic amines is 1. The van der Waals surface area contributed by atoms with E-state index in [0.717, 1.165) is 15.7 Å². The number of aryl methyl sites for hydroxylation is 1. The number of hydrogen-bond donors (Lipinski definition) is 1. The summed E-state index contributed by atoms with van der Waals surface area (Å²) in [7, 11) is 0. The smallest absolute Gasteiger partial charge is 0.119 e. The van der Waals surface area contributed by atoms with Gasteiger partial charge in [-0.1, -0.05) is 39.7 Å². The maximum Gasteiger partial charge on any atom is 0.119 e. The van der Waals surface area contributed by atoms with Crippen LogP contribution in [0, 0.1) is 6.92 Å². The second-order valence-electron chi connectivity index (χ2n) is 4.61. The minimum absolute atomic E-state index is 0.574. The zero-order valence-electron chi connectivity index (χ0n) is 10.6. The molecule has 0 aliphatic carbocycles. The zero-order chi connectivity index (χ0) is 13.2. The molecule has 0 saturated heterocycles. The van der Waals surface area contributed by atoms with E-state index in [1.807, 2.05) is 24.4 Å². The van der Waals surface area contributed by atoms with Gasteiger partial charge in [-0.25, -0.2) is 0 Å². The fourth-order valence-corrected chi connectivity index (χ4v) is 2.43. The molecule has 0 atom stereocenters. The second-order valence-corrected chi connectivity index (χ2v) is 5.52. The zero-order valence-corrected chi connectivity index (χ0v) is 12.2. The van der Waals surface area contributed by atoms with Crippen LogP contribution >= 0.6 is 15.9 Å². The molecule has 0 spiro atoms. The molecule has 3 aromatic rings. The largest absolute Gasteiger partial charge is 0.489 e. The molecular weight excluding hydrogens is 302 g/mol. The first-order chi connectivity index (χ1) is 9.22. The summed E-state index contributed by atoms with van der Waals surface area (Å²) in [6.45, 7) is 2.64. The van der Waals surface area contributed by atoms with Crippen molar-refractivity contribution >= 4 is 26.8 Å². The molecule has 2 nitrogen and oxygen atoms in total. The van der Waals surface area contributed by atoms with Crippen molar-refractivity contribution in [3.05, 3.63) is 64.3 Å². The minimum atomic E-state index is 0.574. The van der Waals surface area contributed by atoms with E-state index in [4.69, 9.17) is 4.74 Å². The van der Waals surface area contributed by atoms with Crippen LogP contribution in [0.5, 0.6) is 5.75 Å². The Balaban J connectivity index is 1.80. The molecule has 0 radical (unpaired) electrons. The molecule has 3 rings (SSSR count). The van der Waals surface area contributed by atoms with Crippen molar-refractivity contribution < 1.29 is 4.74 Å². The van der Waals surface area contributed by atoms with Gasteiger partial charge in [-0.05, 0) is 31.2 Å². The van der Waals surface area contributed by atoms with E-state index in [0.29, 0.717) is 6.61 Å². The average molecular weight is 316 g/mol. The fraction of sp³-hybridized carbons (Fsp3) is 0.125. The number of rotatable bonds is 3. The summed E-state index contributed by atoms with van der Waals surface area (Å²) in [5.74, 6) is 0.900. The van der Waals surface area contributed by atoms with Gasteiger partial charge in [-0.15, -0.1) is 0 Å². The summed E-state index contributed by atoms with van der Waals surface area (Å²) in [6.07, 6.45) is 2.01. The third-order valence-electron chi connectivity index (χ3n) is 3.14. The Hall–Kier alpha value is -1.74. The predicted octanol–water partition coefficient (Wildman–Crippen LogP) is 4.82. The first-order valence-corrected chi connectivity index (χ1v) is 6.97. The predicted molar refractivity (Wildman–Crippen MR) is 81.5 cm³/mol. The van der Waals surface area contributed by atoms with Crippen molar-refractivity contribution in [2.45, 2.75) is 13.5 Å². The molecule has 0 fully saturated rings. The van der Waals surface area contributed by atoms with Crippen molar-refractivity contribution in [3.8, 4) is 5.75 Å². The lowest BCUT2D eigenvalue weighted by atomic mass is 10.2. The van der Waals surface area contributed by atoms with Crippen LogP contribution in [-0.4, -0.2) is 4.98 Å². The quantitative estimate of drug-likeness (QED) is 0.736. The maximum absolute atomic E-state index is 5.81. The summed E-state index contributed by atoms with van der Waals surface area (Å²) >= 11 is 3.47. The molecule has 2 aromatic carbocycles. The highest BCUT2D eigenvalue weighted by Gasteiger charge is 2.04. The van der Waals surface area contributed by atoms with Gasteiger partial charge in [0.05, 0.1) is 0 Å². The van der Waals surface area contributed by atoms with Crippen LogP contribution in [-0.2, 0) is 6.61 Å². The summed E-state index contributed by atoms with van der Waals surface area (Å²) in [5.41, 5.74) is 3.53. The summed E-state index contributed by atoms with van der Waals surface area (Å²) in [6, 6.07) is 14.3. The molecule has 1 heterocycles. The highest BCUT2D eigenvalue weighted by molar-refractivity contribution is 9.10. The second kappa shape index (κ2) is 5.10. The van der Waals surface area contributed by atoms with Crippen molar-refractivity contribution in [1.29, 1.82) is 0 Å². The monoisotopic (exact) mass is 315 g/mol. The molecule has 96 valence electrons. The van der Waals surface area contributed by atoms with Crippen LogP contribution in [0.25, 0.3) is 10.9 Å². The lowest BCUT2D eigenvalue weighted by molar-refractivity contribution is 0.307. The molecule has 0 saturated carbocycles. The van der Waals surface area contributed by atoms with E-state index < -0.39 is 0 Å². The third-order valence-corrected chi connectivity index (χ3v) is 3.64. The van der Waals surface area contributed by atoms with Gasteiger partial charge < -0.3 is 9.72 Å². The van der Waals surface area contributed by atoms with Gasteiger partial charge in [-0.3, -0.25) is 0 Å². The van der Waals surface area contributed by atoms with Crippen LogP contribution in [0.4, 0.5) is 0 Å². The Bertz CT molecular complexity index is 700. The number of halogens is 1. The van der Waals surface area contributed by atoms with Gasteiger partial charge >= 0.3 is 0 Å². The lowest BCUT2D eigenvalue weighted by Crippen LogP contribution is -1.94. The van der Waals surface area contributed by atoms with Crippen LogP contribution in [0.3, 0.4) is 0 Å². The molecule has 1 aromatic heterocycles. The number of hydrogen-bond acceptors (Lipinski definition) is 1. The summed E-state index contributed by atoms with van der Waals surface area (Å²) in [5, 5.41) is 1.20. The molecule has 19 heavy (non-hydrogen) atoms. The van der Waals surface area contributed by atoms with Gasteiger partial charge in [0.2, 0.25) is 0 Å². The fourth-order valence-electron chi connectivity index (χ4n) is 2.07. The first-order valence-electron chi connectivity index (χ1n) is 6.17. The minimum Gasteiger partial charge on any atom is -0.489 e. The molecular formula is C16H14BrNO. The SMILES string of the molecule is Cc1ccc(OCc2c[nH]c3cc(Br)ccc23)cc1. The van der Waals surface area contributed by atoms with E-state index in [2.05, 4.69) is 52.1 Å². The van der Waals surface area contributed by atoms with Crippen molar-refractivity contribution in [1.82, 2.24) is 4.98 Å². The molecule has 0 aliphatic rings. The number of nitrogens with one attached hydrogen (secondary N) is 1. The normalized spacial score (nSPS) is 10.8. The lowest BCUT2D eigenvalue weighted by Gasteiger charge is -2.05. The van der Waals surface area contributed by atoms with Crippen LogP contribution < -0.4 is 4.74 Å². The highest BCUT2D eigenvalue weighted by Crippen LogP contribution is 2.23. The van der Waals surface area contributed by atoms with E-state index in [1.165, 1.54) is 16.5 Å². The topological polar surface area (TPSA) is 25.0 Å². The van der Waals surface area contributed by atoms with Gasteiger partial charge in [0.25, 0.3) is 0 Å². The van der Waals surface area contributed by atoms with E-state index in [-0.39, 0.29) is 0 Å². The van der Waals surface area contributed by atoms with Crippen LogP contribution in [0.1, 0.15) is 11.1 Å². The van der Waals surface area contributed by atoms with Gasteiger partial charge in [0.15, 0.2) is 0 Å². The van der Waals surface area contributed by atoms with E-state index in [9.17, 15) is 0 Å². The van der Waals surface area contributed by atoms with Gasteiger partial charge in [-0.2, -0.15) is 0 Å². The number of fused-ring (bicyclic) bond motifs is 1. The van der Waals surface area contributed by atoms with Gasteiger partial charge in [0.1, 0.15) is 12.4 Å². The standard InChI is InChI=1S/C16H14BrNO/c1-11-2-5-14(6-3-11)19-10-12-9-18-16-8-13(17)4-7-15(12)16/h2-9,18H,10H2,1H3. The number of H-pyrrole nitrogens is 1. The Morgan fingerprint density at radius 1 is 1.11 bits per heavy atom. The van der Waals surface area contributed by atoms with Crippen LogP contribution in [0.15, 0.2) is 53.1 Å². The van der Waals surface area contributed by atoms with Crippen LogP contribution in [0.2, 0.25) is 0 Å². The Morgan fingerprint density at radius 2 is 1.89 bits per heavy atom. The van der Waals surface area contributed by atoms with Crippen molar-refractivity contribution in [2.24, 2.45) is 0 Å². The molecule has 0 bridgehead atoms. The number of ether oxygens (including phenoxy) is 1.